The summed E-state index contributed by atoms with van der Waals surface area (Å²) < 4.78 is 11.5. The van der Waals surface area contributed by atoms with Crippen LogP contribution in [0.2, 0.25) is 0 Å². The Kier molecular flexibility index (Phi) is 3.95. The summed E-state index contributed by atoms with van der Waals surface area (Å²) in [5.41, 5.74) is 6.00. The van der Waals surface area contributed by atoms with Gasteiger partial charge in [-0.2, -0.15) is 0 Å². The van der Waals surface area contributed by atoms with E-state index in [1.807, 2.05) is 18.2 Å². The lowest BCUT2D eigenvalue weighted by Gasteiger charge is -2.52. The molecule has 0 spiro atoms. The molecule has 4 nitrogen and oxygen atoms in total. The Labute approximate surface area is 126 Å². The number of ether oxygens (including phenoxy) is 2. The van der Waals surface area contributed by atoms with Crippen molar-refractivity contribution >= 4 is 0 Å². The average molecular weight is 291 g/mol. The molecule has 3 rings (SSSR count). The second kappa shape index (κ2) is 5.59. The summed E-state index contributed by atoms with van der Waals surface area (Å²) >= 11 is 0. The zero-order valence-electron chi connectivity index (χ0n) is 12.7. The summed E-state index contributed by atoms with van der Waals surface area (Å²) in [7, 11) is 0. The first kappa shape index (κ1) is 14.8. The second-order valence-electron chi connectivity index (χ2n) is 6.27. The third kappa shape index (κ3) is 2.26. The van der Waals surface area contributed by atoms with E-state index in [0.29, 0.717) is 32.6 Å². The highest BCUT2D eigenvalue weighted by Gasteiger charge is 2.54. The van der Waals surface area contributed by atoms with Gasteiger partial charge in [0, 0.05) is 37.0 Å². The topological polar surface area (TPSA) is 64.7 Å². The fraction of sp³-hybridized carbons (Fsp3) is 0.647. The Bertz CT molecular complexity index is 507. The van der Waals surface area contributed by atoms with E-state index in [2.05, 4.69) is 13.0 Å². The molecule has 116 valence electrons. The standard InChI is InChI=1S/C17H25NO3/c1-2-13-11-17(19,8-10-20-13)16(12-18)7-9-21-15-6-4-3-5-14(15)16/h3-6,13,19H,2,7-12,18H2,1H3. The van der Waals surface area contributed by atoms with Crippen LogP contribution in [-0.4, -0.2) is 36.6 Å². The molecule has 21 heavy (non-hydrogen) atoms. The van der Waals surface area contributed by atoms with Crippen molar-refractivity contribution < 1.29 is 14.6 Å². The summed E-state index contributed by atoms with van der Waals surface area (Å²) in [6.45, 7) is 3.73. The van der Waals surface area contributed by atoms with Crippen molar-refractivity contribution in [3.05, 3.63) is 29.8 Å². The molecular formula is C17H25NO3. The smallest absolute Gasteiger partial charge is 0.123 e. The van der Waals surface area contributed by atoms with Crippen LogP contribution in [0.15, 0.2) is 24.3 Å². The van der Waals surface area contributed by atoms with Gasteiger partial charge in [-0.3, -0.25) is 0 Å². The maximum atomic E-state index is 11.5. The summed E-state index contributed by atoms with van der Waals surface area (Å²) in [5.74, 6) is 0.863. The van der Waals surface area contributed by atoms with Crippen LogP contribution >= 0.6 is 0 Å². The summed E-state index contributed by atoms with van der Waals surface area (Å²) in [5, 5.41) is 11.5. The fourth-order valence-electron chi connectivity index (χ4n) is 3.97. The molecule has 0 radical (unpaired) electrons. The van der Waals surface area contributed by atoms with Gasteiger partial charge in [0.25, 0.3) is 0 Å². The Hall–Kier alpha value is -1.10. The molecule has 1 aromatic rings. The summed E-state index contributed by atoms with van der Waals surface area (Å²) in [6, 6.07) is 7.99. The molecule has 0 aliphatic carbocycles. The van der Waals surface area contributed by atoms with Crippen molar-refractivity contribution in [1.29, 1.82) is 0 Å². The van der Waals surface area contributed by atoms with Gasteiger partial charge in [0.15, 0.2) is 0 Å². The van der Waals surface area contributed by atoms with Gasteiger partial charge in [-0.05, 0) is 18.9 Å². The van der Waals surface area contributed by atoms with Crippen molar-refractivity contribution in [3.63, 3.8) is 0 Å². The van der Waals surface area contributed by atoms with Crippen LogP contribution in [0.3, 0.4) is 0 Å². The van der Waals surface area contributed by atoms with Crippen LogP contribution < -0.4 is 10.5 Å². The van der Waals surface area contributed by atoms with E-state index in [1.54, 1.807) is 0 Å². The highest BCUT2D eigenvalue weighted by molar-refractivity contribution is 5.44. The van der Waals surface area contributed by atoms with Gasteiger partial charge in [-0.15, -0.1) is 0 Å². The van der Waals surface area contributed by atoms with Crippen molar-refractivity contribution in [2.75, 3.05) is 19.8 Å². The molecule has 0 aromatic heterocycles. The highest BCUT2D eigenvalue weighted by atomic mass is 16.5. The van der Waals surface area contributed by atoms with Gasteiger partial charge in [0.05, 0.1) is 18.3 Å². The zero-order valence-corrected chi connectivity index (χ0v) is 12.7. The summed E-state index contributed by atoms with van der Waals surface area (Å²) in [6.07, 6.45) is 3.07. The third-order valence-corrected chi connectivity index (χ3v) is 5.32. The molecule has 0 bridgehead atoms. The molecule has 2 heterocycles. The van der Waals surface area contributed by atoms with Crippen molar-refractivity contribution in [3.8, 4) is 5.75 Å². The van der Waals surface area contributed by atoms with Crippen LogP contribution in [0.1, 0.15) is 38.2 Å². The van der Waals surface area contributed by atoms with E-state index >= 15 is 0 Å². The zero-order chi connectivity index (χ0) is 14.9. The minimum absolute atomic E-state index is 0.113. The minimum atomic E-state index is -0.819. The molecular weight excluding hydrogens is 266 g/mol. The molecule has 1 saturated heterocycles. The lowest BCUT2D eigenvalue weighted by Crippen LogP contribution is -2.61. The quantitative estimate of drug-likeness (QED) is 0.894. The van der Waals surface area contributed by atoms with E-state index in [1.165, 1.54) is 0 Å². The minimum Gasteiger partial charge on any atom is -0.493 e. The molecule has 3 N–H and O–H groups in total. The molecule has 1 fully saturated rings. The monoisotopic (exact) mass is 291 g/mol. The van der Waals surface area contributed by atoms with Gasteiger partial charge in [0.1, 0.15) is 5.75 Å². The van der Waals surface area contributed by atoms with Crippen molar-refractivity contribution in [2.24, 2.45) is 5.73 Å². The largest absolute Gasteiger partial charge is 0.493 e. The first-order chi connectivity index (χ1) is 10.1. The van der Waals surface area contributed by atoms with Gasteiger partial charge in [-0.1, -0.05) is 25.1 Å². The molecule has 3 unspecified atom stereocenters. The van der Waals surface area contributed by atoms with E-state index in [0.717, 1.165) is 24.2 Å². The molecule has 2 aliphatic rings. The average Bonchev–Trinajstić information content (AvgIpc) is 2.54. The number of para-hydroxylation sites is 1. The van der Waals surface area contributed by atoms with Gasteiger partial charge in [0.2, 0.25) is 0 Å². The Morgan fingerprint density at radius 3 is 2.86 bits per heavy atom. The number of aliphatic hydroxyl groups is 1. The van der Waals surface area contributed by atoms with Crippen LogP contribution in [0, 0.1) is 0 Å². The third-order valence-electron chi connectivity index (χ3n) is 5.32. The number of hydrogen-bond donors (Lipinski definition) is 2. The normalized spacial score (nSPS) is 35.9. The number of benzene rings is 1. The van der Waals surface area contributed by atoms with Gasteiger partial charge in [-0.25, -0.2) is 0 Å². The number of fused-ring (bicyclic) bond motifs is 1. The number of rotatable bonds is 3. The van der Waals surface area contributed by atoms with Crippen LogP contribution in [0.4, 0.5) is 0 Å². The lowest BCUT2D eigenvalue weighted by atomic mass is 9.60. The molecule has 0 amide bonds. The lowest BCUT2D eigenvalue weighted by molar-refractivity contribution is -0.148. The maximum Gasteiger partial charge on any atom is 0.123 e. The van der Waals surface area contributed by atoms with Crippen LogP contribution in [-0.2, 0) is 10.2 Å². The molecule has 1 aromatic carbocycles. The summed E-state index contributed by atoms with van der Waals surface area (Å²) in [4.78, 5) is 0. The maximum absolute atomic E-state index is 11.5. The van der Waals surface area contributed by atoms with E-state index in [4.69, 9.17) is 15.2 Å². The van der Waals surface area contributed by atoms with Gasteiger partial charge < -0.3 is 20.3 Å². The predicted molar refractivity (Wildman–Crippen MR) is 81.5 cm³/mol. The SMILES string of the molecule is CCC1CC(O)(C2(CN)CCOc3ccccc32)CCO1. The van der Waals surface area contributed by atoms with Gasteiger partial charge >= 0.3 is 0 Å². The van der Waals surface area contributed by atoms with E-state index in [9.17, 15) is 5.11 Å². The second-order valence-corrected chi connectivity index (χ2v) is 6.27. The number of nitrogens with two attached hydrogens (primary N) is 1. The van der Waals surface area contributed by atoms with Crippen LogP contribution in [0.25, 0.3) is 0 Å². The van der Waals surface area contributed by atoms with E-state index < -0.39 is 11.0 Å². The Morgan fingerprint density at radius 1 is 1.29 bits per heavy atom. The first-order valence-electron chi connectivity index (χ1n) is 7.91. The molecule has 4 heteroatoms. The van der Waals surface area contributed by atoms with Crippen molar-refractivity contribution in [2.45, 2.75) is 49.7 Å². The molecule has 2 aliphatic heterocycles. The Morgan fingerprint density at radius 2 is 2.10 bits per heavy atom. The number of hydrogen-bond acceptors (Lipinski definition) is 4. The predicted octanol–water partition coefficient (Wildman–Crippen LogP) is 1.99. The molecule has 0 saturated carbocycles. The highest BCUT2D eigenvalue weighted by Crippen LogP contribution is 2.50. The molecule has 3 atom stereocenters. The van der Waals surface area contributed by atoms with Crippen molar-refractivity contribution in [1.82, 2.24) is 0 Å². The fourth-order valence-corrected chi connectivity index (χ4v) is 3.97. The van der Waals surface area contributed by atoms with Crippen LogP contribution in [0.5, 0.6) is 5.75 Å². The first-order valence-corrected chi connectivity index (χ1v) is 7.91. The Balaban J connectivity index is 2.05. The van der Waals surface area contributed by atoms with E-state index in [-0.39, 0.29) is 6.10 Å².